The van der Waals surface area contributed by atoms with Crippen LogP contribution in [0.3, 0.4) is 0 Å². The highest BCUT2D eigenvalue weighted by Gasteiger charge is 2.06. The third-order valence-electron chi connectivity index (χ3n) is 2.79. The zero-order valence-electron chi connectivity index (χ0n) is 11.4. The largest absolute Gasteiger partial charge is 0.468 e. The molecule has 106 valence electrons. The van der Waals surface area contributed by atoms with E-state index in [9.17, 15) is 4.79 Å². The van der Waals surface area contributed by atoms with E-state index in [1.165, 1.54) is 0 Å². The molecule has 0 N–H and O–H groups in total. The molecule has 1 aromatic rings. The van der Waals surface area contributed by atoms with E-state index in [1.54, 1.807) is 13.2 Å². The summed E-state index contributed by atoms with van der Waals surface area (Å²) in [7, 11) is 1.57. The number of benzene rings is 1. The van der Waals surface area contributed by atoms with E-state index in [4.69, 9.17) is 21.1 Å². The Labute approximate surface area is 119 Å². The highest BCUT2D eigenvalue weighted by Crippen LogP contribution is 2.16. The lowest BCUT2D eigenvalue weighted by molar-refractivity contribution is 0.0510. The van der Waals surface area contributed by atoms with Crippen molar-refractivity contribution in [3.8, 4) is 5.75 Å². The molecule has 0 aliphatic heterocycles. The van der Waals surface area contributed by atoms with Crippen LogP contribution >= 0.6 is 11.6 Å². The molecule has 1 aromatic carbocycles. The average Bonchev–Trinajstić information content (AvgIpc) is 2.45. The molecule has 0 radical (unpaired) electrons. The Morgan fingerprint density at radius 3 is 2.74 bits per heavy atom. The van der Waals surface area contributed by atoms with Gasteiger partial charge in [-0.2, -0.15) is 0 Å². The van der Waals surface area contributed by atoms with Crippen molar-refractivity contribution in [2.45, 2.75) is 32.1 Å². The topological polar surface area (TPSA) is 35.5 Å². The van der Waals surface area contributed by atoms with Gasteiger partial charge in [-0.05, 0) is 25.0 Å². The molecule has 0 amide bonds. The first-order valence-electron chi connectivity index (χ1n) is 6.59. The van der Waals surface area contributed by atoms with E-state index in [1.807, 2.05) is 18.2 Å². The van der Waals surface area contributed by atoms with Crippen LogP contribution in [-0.4, -0.2) is 25.6 Å². The lowest BCUT2D eigenvalue weighted by Crippen LogP contribution is -2.02. The van der Waals surface area contributed by atoms with Crippen LogP contribution in [0.4, 0.5) is 0 Å². The third kappa shape index (κ3) is 6.60. The van der Waals surface area contributed by atoms with Crippen LogP contribution in [0.5, 0.6) is 5.75 Å². The molecule has 0 heterocycles. The van der Waals surface area contributed by atoms with Crippen molar-refractivity contribution in [3.05, 3.63) is 29.8 Å². The monoisotopic (exact) mass is 284 g/mol. The predicted molar refractivity (Wildman–Crippen MR) is 77.1 cm³/mol. The van der Waals surface area contributed by atoms with Crippen LogP contribution in [0.15, 0.2) is 24.3 Å². The summed E-state index contributed by atoms with van der Waals surface area (Å²) in [6.45, 7) is 0.191. The number of unbranched alkanes of at least 4 members (excludes halogenated alkanes) is 3. The van der Waals surface area contributed by atoms with Gasteiger partial charge in [0.2, 0.25) is 0 Å². The van der Waals surface area contributed by atoms with Gasteiger partial charge in [0.15, 0.2) is 12.6 Å². The number of hydrogen-bond donors (Lipinski definition) is 0. The number of halogens is 1. The van der Waals surface area contributed by atoms with Gasteiger partial charge in [-0.1, -0.05) is 25.0 Å². The Morgan fingerprint density at radius 1 is 1.21 bits per heavy atom. The molecule has 1 rings (SSSR count). The zero-order valence-corrected chi connectivity index (χ0v) is 12.1. The molecule has 0 bridgehead atoms. The van der Waals surface area contributed by atoms with E-state index in [0.29, 0.717) is 23.6 Å². The molecule has 4 heteroatoms. The van der Waals surface area contributed by atoms with Crippen LogP contribution in [-0.2, 0) is 4.74 Å². The second-order valence-corrected chi connectivity index (χ2v) is 4.73. The lowest BCUT2D eigenvalue weighted by Gasteiger charge is -2.06. The molecule has 3 nitrogen and oxygen atoms in total. The molecule has 0 fully saturated rings. The van der Waals surface area contributed by atoms with Crippen LogP contribution < -0.4 is 4.74 Å². The van der Waals surface area contributed by atoms with Crippen LogP contribution in [0, 0.1) is 0 Å². The summed E-state index contributed by atoms with van der Waals surface area (Å²) < 4.78 is 10.1. The van der Waals surface area contributed by atoms with Gasteiger partial charge >= 0.3 is 0 Å². The summed E-state index contributed by atoms with van der Waals surface area (Å²) in [5, 5.41) is 0. The summed E-state index contributed by atoms with van der Waals surface area (Å²) in [6.07, 6.45) is 4.66. The molecule has 0 aliphatic rings. The molecule has 0 spiro atoms. The van der Waals surface area contributed by atoms with Crippen LogP contribution in [0.1, 0.15) is 42.5 Å². The molecule has 19 heavy (non-hydrogen) atoms. The summed E-state index contributed by atoms with van der Waals surface area (Å²) in [5.74, 6) is 1.52. The van der Waals surface area contributed by atoms with Crippen molar-refractivity contribution in [1.82, 2.24) is 0 Å². The lowest BCUT2D eigenvalue weighted by atomic mass is 10.0. The Bertz CT molecular complexity index is 379. The number of carbonyl (C=O) groups excluding carboxylic acids is 1. The van der Waals surface area contributed by atoms with Gasteiger partial charge in [-0.3, -0.25) is 4.79 Å². The number of rotatable bonds is 10. The van der Waals surface area contributed by atoms with Gasteiger partial charge in [0, 0.05) is 25.0 Å². The summed E-state index contributed by atoms with van der Waals surface area (Å²) in [6, 6.07) is 7.23. The predicted octanol–water partition coefficient (Wildman–Crippen LogP) is 4.04. The van der Waals surface area contributed by atoms with Crippen molar-refractivity contribution in [1.29, 1.82) is 0 Å². The maximum absolute atomic E-state index is 12.0. The standard InChI is InChI=1S/C15H21ClO3/c1-18-12-19-14-8-6-7-13(11-14)15(17)9-4-2-3-5-10-16/h6-8,11H,2-5,9-10,12H2,1H3. The fraction of sp³-hybridized carbons (Fsp3) is 0.533. The SMILES string of the molecule is COCOc1cccc(C(=O)CCCCCCCl)c1. The highest BCUT2D eigenvalue weighted by molar-refractivity contribution is 6.17. The maximum Gasteiger partial charge on any atom is 0.188 e. The highest BCUT2D eigenvalue weighted by atomic mass is 35.5. The molecule has 0 saturated carbocycles. The fourth-order valence-corrected chi connectivity index (χ4v) is 1.95. The van der Waals surface area contributed by atoms with Crippen molar-refractivity contribution in [2.75, 3.05) is 19.8 Å². The summed E-state index contributed by atoms with van der Waals surface area (Å²) in [4.78, 5) is 12.0. The number of ether oxygens (including phenoxy) is 2. The number of methoxy groups -OCH3 is 1. The van der Waals surface area contributed by atoms with E-state index in [-0.39, 0.29) is 12.6 Å². The maximum atomic E-state index is 12.0. The smallest absolute Gasteiger partial charge is 0.188 e. The molecule has 0 aliphatic carbocycles. The first-order chi connectivity index (χ1) is 9.27. The fourth-order valence-electron chi connectivity index (χ4n) is 1.76. The van der Waals surface area contributed by atoms with Gasteiger partial charge in [-0.25, -0.2) is 0 Å². The van der Waals surface area contributed by atoms with Crippen molar-refractivity contribution in [2.24, 2.45) is 0 Å². The molecular weight excluding hydrogens is 264 g/mol. The molecular formula is C15H21ClO3. The summed E-state index contributed by atoms with van der Waals surface area (Å²) in [5.41, 5.74) is 0.700. The quantitative estimate of drug-likeness (QED) is 0.281. The minimum absolute atomic E-state index is 0.161. The second kappa shape index (κ2) is 9.82. The molecule has 0 atom stereocenters. The second-order valence-electron chi connectivity index (χ2n) is 4.36. The number of ketones is 1. The van der Waals surface area contributed by atoms with Gasteiger partial charge in [0.1, 0.15) is 5.75 Å². The van der Waals surface area contributed by atoms with E-state index < -0.39 is 0 Å². The van der Waals surface area contributed by atoms with Crippen LogP contribution in [0.25, 0.3) is 0 Å². The number of hydrogen-bond acceptors (Lipinski definition) is 3. The van der Waals surface area contributed by atoms with Crippen molar-refractivity contribution < 1.29 is 14.3 Å². The zero-order chi connectivity index (χ0) is 13.9. The van der Waals surface area contributed by atoms with Gasteiger partial charge in [-0.15, -0.1) is 11.6 Å². The number of Topliss-reactive ketones (excluding diaryl/α,β-unsaturated/α-hetero) is 1. The van der Waals surface area contributed by atoms with Gasteiger partial charge < -0.3 is 9.47 Å². The van der Waals surface area contributed by atoms with Crippen molar-refractivity contribution >= 4 is 17.4 Å². The van der Waals surface area contributed by atoms with E-state index in [0.717, 1.165) is 25.7 Å². The van der Waals surface area contributed by atoms with Crippen molar-refractivity contribution in [3.63, 3.8) is 0 Å². The Hall–Kier alpha value is -1.06. The third-order valence-corrected chi connectivity index (χ3v) is 3.05. The number of carbonyl (C=O) groups is 1. The summed E-state index contributed by atoms with van der Waals surface area (Å²) >= 11 is 5.61. The minimum atomic E-state index is 0.161. The first-order valence-corrected chi connectivity index (χ1v) is 7.12. The van der Waals surface area contributed by atoms with E-state index in [2.05, 4.69) is 0 Å². The Morgan fingerprint density at radius 2 is 2.00 bits per heavy atom. The van der Waals surface area contributed by atoms with E-state index >= 15 is 0 Å². The minimum Gasteiger partial charge on any atom is -0.468 e. The van der Waals surface area contributed by atoms with Gasteiger partial charge in [0.25, 0.3) is 0 Å². The van der Waals surface area contributed by atoms with Crippen LogP contribution in [0.2, 0.25) is 0 Å². The molecule has 0 aromatic heterocycles. The molecule has 0 saturated heterocycles. The average molecular weight is 285 g/mol. The number of alkyl halides is 1. The molecule has 0 unspecified atom stereocenters. The Balaban J connectivity index is 2.38. The normalized spacial score (nSPS) is 10.4. The Kier molecular flexibility index (Phi) is 8.26. The van der Waals surface area contributed by atoms with Gasteiger partial charge in [0.05, 0.1) is 0 Å². The first kappa shape index (κ1) is 16.0.